The number of fused-ring (bicyclic) bond motifs is 2. The van der Waals surface area contributed by atoms with Crippen molar-refractivity contribution in [2.45, 2.75) is 0 Å². The predicted octanol–water partition coefficient (Wildman–Crippen LogP) is 4.17. The van der Waals surface area contributed by atoms with Crippen molar-refractivity contribution in [1.29, 1.82) is 0 Å². The Morgan fingerprint density at radius 2 is 1.42 bits per heavy atom. The molecular weight excluding hydrogens is 305 g/mol. The van der Waals surface area contributed by atoms with Crippen LogP contribution in [0.25, 0.3) is 22.1 Å². The molecule has 4 aromatic rings. The van der Waals surface area contributed by atoms with Gasteiger partial charge in [0, 0.05) is 11.3 Å². The van der Waals surface area contributed by atoms with Gasteiger partial charge in [0.25, 0.3) is 5.91 Å². The highest BCUT2D eigenvalue weighted by molar-refractivity contribution is 6.06. The summed E-state index contributed by atoms with van der Waals surface area (Å²) in [6, 6.07) is 18.4. The van der Waals surface area contributed by atoms with E-state index in [0.717, 1.165) is 16.6 Å². The highest BCUT2D eigenvalue weighted by Crippen LogP contribution is 2.18. The van der Waals surface area contributed by atoms with Gasteiger partial charge in [-0.25, -0.2) is 14.4 Å². The van der Waals surface area contributed by atoms with Crippen molar-refractivity contribution < 1.29 is 9.18 Å². The molecule has 0 radical (unpaired) electrons. The van der Waals surface area contributed by atoms with Gasteiger partial charge in [0.05, 0.1) is 22.1 Å². The Kier molecular flexibility index (Phi) is 3.39. The van der Waals surface area contributed by atoms with E-state index in [4.69, 9.17) is 0 Å². The van der Waals surface area contributed by atoms with Crippen molar-refractivity contribution in [3.05, 3.63) is 78.1 Å². The molecule has 1 aromatic heterocycles. The monoisotopic (exact) mass is 317 g/mol. The molecule has 3 aromatic carbocycles. The summed E-state index contributed by atoms with van der Waals surface area (Å²) >= 11 is 0. The molecule has 0 saturated heterocycles. The maximum atomic E-state index is 12.9. The van der Waals surface area contributed by atoms with Gasteiger partial charge in [-0.3, -0.25) is 4.79 Å². The number of anilines is 1. The number of carbonyl (C=O) groups excluding carboxylic acids is 1. The summed E-state index contributed by atoms with van der Waals surface area (Å²) in [5.41, 5.74) is 3.98. The third-order valence-corrected chi connectivity index (χ3v) is 3.70. The number of carbonyl (C=O) groups is 1. The molecule has 1 amide bonds. The van der Waals surface area contributed by atoms with Crippen LogP contribution in [0.4, 0.5) is 10.1 Å². The van der Waals surface area contributed by atoms with Crippen molar-refractivity contribution >= 4 is 33.7 Å². The van der Waals surface area contributed by atoms with Gasteiger partial charge in [0.15, 0.2) is 0 Å². The van der Waals surface area contributed by atoms with E-state index < -0.39 is 0 Å². The minimum atomic E-state index is -0.346. The Bertz CT molecular complexity index is 1060. The summed E-state index contributed by atoms with van der Waals surface area (Å²) in [7, 11) is 0. The lowest BCUT2D eigenvalue weighted by Crippen LogP contribution is -2.11. The summed E-state index contributed by atoms with van der Waals surface area (Å²) in [6.45, 7) is 0. The Hall–Kier alpha value is -3.34. The van der Waals surface area contributed by atoms with Crippen LogP contribution >= 0.6 is 0 Å². The third kappa shape index (κ3) is 2.67. The van der Waals surface area contributed by atoms with Crippen molar-refractivity contribution in [3.8, 4) is 0 Å². The van der Waals surface area contributed by atoms with Gasteiger partial charge in [-0.2, -0.15) is 0 Å². The minimum Gasteiger partial charge on any atom is -0.322 e. The fourth-order valence-corrected chi connectivity index (χ4v) is 2.50. The summed E-state index contributed by atoms with van der Waals surface area (Å²) in [4.78, 5) is 21.4. The van der Waals surface area contributed by atoms with Gasteiger partial charge in [-0.05, 0) is 54.6 Å². The number of rotatable bonds is 2. The molecule has 116 valence electrons. The first kappa shape index (κ1) is 14.3. The fraction of sp³-hybridized carbons (Fsp3) is 0. The molecule has 1 N–H and O–H groups in total. The maximum absolute atomic E-state index is 12.9. The molecule has 0 spiro atoms. The number of benzene rings is 3. The zero-order valence-electron chi connectivity index (χ0n) is 12.5. The quantitative estimate of drug-likeness (QED) is 0.564. The van der Waals surface area contributed by atoms with E-state index in [0.29, 0.717) is 16.8 Å². The number of hydrogen-bond acceptors (Lipinski definition) is 3. The zero-order chi connectivity index (χ0) is 16.5. The standard InChI is InChI=1S/C19H12FN3O/c20-13-6-8-14(9-7-13)21-19(24)12-5-10-17-18(11-12)23-16-4-2-1-3-15(16)22-17/h1-11H,(H,21,24). The molecule has 1 heterocycles. The topological polar surface area (TPSA) is 54.9 Å². The first-order chi connectivity index (χ1) is 11.7. The lowest BCUT2D eigenvalue weighted by Gasteiger charge is -2.06. The molecule has 5 heteroatoms. The van der Waals surface area contributed by atoms with Crippen molar-refractivity contribution in [1.82, 2.24) is 9.97 Å². The summed E-state index contributed by atoms with van der Waals surface area (Å²) in [6.07, 6.45) is 0. The largest absolute Gasteiger partial charge is 0.322 e. The van der Waals surface area contributed by atoms with E-state index in [1.54, 1.807) is 18.2 Å². The normalized spacial score (nSPS) is 10.9. The van der Waals surface area contributed by atoms with Crippen LogP contribution in [0.15, 0.2) is 66.7 Å². The number of amides is 1. The van der Waals surface area contributed by atoms with Gasteiger partial charge in [-0.15, -0.1) is 0 Å². The van der Waals surface area contributed by atoms with Gasteiger partial charge in [0.2, 0.25) is 0 Å². The molecule has 0 unspecified atom stereocenters. The molecule has 0 fully saturated rings. The van der Waals surface area contributed by atoms with E-state index in [-0.39, 0.29) is 11.7 Å². The number of hydrogen-bond donors (Lipinski definition) is 1. The smallest absolute Gasteiger partial charge is 0.255 e. The van der Waals surface area contributed by atoms with Gasteiger partial charge < -0.3 is 5.32 Å². The molecule has 0 saturated carbocycles. The molecule has 0 aliphatic rings. The average molecular weight is 317 g/mol. The molecule has 0 aliphatic carbocycles. The molecule has 0 bridgehead atoms. The summed E-state index contributed by atoms with van der Waals surface area (Å²) in [5.74, 6) is -0.626. The number of para-hydroxylation sites is 2. The molecule has 4 rings (SSSR count). The second-order valence-corrected chi connectivity index (χ2v) is 5.38. The summed E-state index contributed by atoms with van der Waals surface area (Å²) in [5, 5.41) is 2.73. The fourth-order valence-electron chi connectivity index (χ4n) is 2.50. The lowest BCUT2D eigenvalue weighted by molar-refractivity contribution is 0.102. The van der Waals surface area contributed by atoms with Crippen LogP contribution in [0.3, 0.4) is 0 Å². The van der Waals surface area contributed by atoms with Crippen molar-refractivity contribution in [2.75, 3.05) is 5.32 Å². The number of nitrogens with zero attached hydrogens (tertiary/aromatic N) is 2. The number of aromatic nitrogens is 2. The van der Waals surface area contributed by atoms with Crippen LogP contribution in [-0.2, 0) is 0 Å². The second-order valence-electron chi connectivity index (χ2n) is 5.38. The van der Waals surface area contributed by atoms with E-state index >= 15 is 0 Å². The lowest BCUT2D eigenvalue weighted by atomic mass is 10.1. The van der Waals surface area contributed by atoms with Crippen molar-refractivity contribution in [2.24, 2.45) is 0 Å². The van der Waals surface area contributed by atoms with Gasteiger partial charge in [0.1, 0.15) is 5.82 Å². The SMILES string of the molecule is O=C(Nc1ccc(F)cc1)c1ccc2nc3ccccc3nc2c1. The molecule has 24 heavy (non-hydrogen) atoms. The Balaban J connectivity index is 1.69. The second kappa shape index (κ2) is 5.70. The predicted molar refractivity (Wildman–Crippen MR) is 91.4 cm³/mol. The Labute approximate surface area is 137 Å². The Morgan fingerprint density at radius 3 is 2.12 bits per heavy atom. The van der Waals surface area contributed by atoms with Crippen LogP contribution in [0, 0.1) is 5.82 Å². The van der Waals surface area contributed by atoms with Crippen LogP contribution < -0.4 is 5.32 Å². The number of nitrogens with one attached hydrogen (secondary N) is 1. The maximum Gasteiger partial charge on any atom is 0.255 e. The number of halogens is 1. The first-order valence-electron chi connectivity index (χ1n) is 7.42. The van der Waals surface area contributed by atoms with E-state index in [9.17, 15) is 9.18 Å². The van der Waals surface area contributed by atoms with Crippen LogP contribution in [0.1, 0.15) is 10.4 Å². The van der Waals surface area contributed by atoms with Gasteiger partial charge >= 0.3 is 0 Å². The van der Waals surface area contributed by atoms with Crippen LogP contribution in [0.2, 0.25) is 0 Å². The van der Waals surface area contributed by atoms with Crippen molar-refractivity contribution in [3.63, 3.8) is 0 Å². The van der Waals surface area contributed by atoms with Crippen LogP contribution in [0.5, 0.6) is 0 Å². The average Bonchev–Trinajstić information content (AvgIpc) is 2.61. The highest BCUT2D eigenvalue weighted by atomic mass is 19.1. The first-order valence-corrected chi connectivity index (χ1v) is 7.42. The Morgan fingerprint density at radius 1 is 0.792 bits per heavy atom. The minimum absolute atomic E-state index is 0.279. The van der Waals surface area contributed by atoms with Gasteiger partial charge in [-0.1, -0.05) is 12.1 Å². The molecule has 0 aliphatic heterocycles. The highest BCUT2D eigenvalue weighted by Gasteiger charge is 2.09. The van der Waals surface area contributed by atoms with Crippen LogP contribution in [-0.4, -0.2) is 15.9 Å². The molecule has 4 nitrogen and oxygen atoms in total. The molecule has 0 atom stereocenters. The third-order valence-electron chi connectivity index (χ3n) is 3.70. The molecular formula is C19H12FN3O. The van der Waals surface area contributed by atoms with E-state index in [2.05, 4.69) is 15.3 Å². The zero-order valence-corrected chi connectivity index (χ0v) is 12.5. The summed E-state index contributed by atoms with van der Waals surface area (Å²) < 4.78 is 12.9. The van der Waals surface area contributed by atoms with E-state index in [1.807, 2.05) is 24.3 Å². The van der Waals surface area contributed by atoms with E-state index in [1.165, 1.54) is 24.3 Å².